The van der Waals surface area contributed by atoms with E-state index >= 15 is 0 Å². The number of carbonyl (C=O) groups excluding carboxylic acids is 1. The lowest BCUT2D eigenvalue weighted by Crippen LogP contribution is -2.06. The van der Waals surface area contributed by atoms with Crippen molar-refractivity contribution < 1.29 is 9.53 Å². The standard InChI is InChI=1S/C12H16O2/c1-2-3-8-11-9-6-4-5-7-10(9)12(13)14-11/h7-9H,2-6H2,1H3/b11-8+. The quantitative estimate of drug-likeness (QED) is 0.629. The Kier molecular flexibility index (Phi) is 2.71. The highest BCUT2D eigenvalue weighted by molar-refractivity contribution is 5.93. The summed E-state index contributed by atoms with van der Waals surface area (Å²) in [5.41, 5.74) is 0.901. The smallest absolute Gasteiger partial charge is 0.339 e. The summed E-state index contributed by atoms with van der Waals surface area (Å²) in [6.07, 6.45) is 9.51. The first-order valence-corrected chi connectivity index (χ1v) is 5.45. The van der Waals surface area contributed by atoms with Gasteiger partial charge >= 0.3 is 5.97 Å². The molecule has 0 aromatic heterocycles. The van der Waals surface area contributed by atoms with Gasteiger partial charge in [-0.25, -0.2) is 4.79 Å². The highest BCUT2D eigenvalue weighted by Gasteiger charge is 2.36. The van der Waals surface area contributed by atoms with E-state index in [-0.39, 0.29) is 11.9 Å². The summed E-state index contributed by atoms with van der Waals surface area (Å²) < 4.78 is 5.26. The number of unbranched alkanes of at least 4 members (excludes halogenated alkanes) is 1. The Balaban J connectivity index is 2.19. The molecule has 1 aliphatic carbocycles. The molecule has 0 radical (unpaired) electrons. The van der Waals surface area contributed by atoms with E-state index < -0.39 is 0 Å². The van der Waals surface area contributed by atoms with Crippen molar-refractivity contribution >= 4 is 5.97 Å². The van der Waals surface area contributed by atoms with Crippen molar-refractivity contribution in [2.75, 3.05) is 0 Å². The van der Waals surface area contributed by atoms with Gasteiger partial charge in [0.25, 0.3) is 0 Å². The van der Waals surface area contributed by atoms with E-state index in [4.69, 9.17) is 4.74 Å². The van der Waals surface area contributed by atoms with Crippen molar-refractivity contribution in [1.29, 1.82) is 0 Å². The topological polar surface area (TPSA) is 26.3 Å². The van der Waals surface area contributed by atoms with Crippen molar-refractivity contribution in [1.82, 2.24) is 0 Å². The van der Waals surface area contributed by atoms with Gasteiger partial charge in [-0.05, 0) is 31.8 Å². The van der Waals surface area contributed by atoms with Crippen molar-refractivity contribution in [3.63, 3.8) is 0 Å². The molecule has 0 aromatic carbocycles. The zero-order chi connectivity index (χ0) is 9.97. The number of fused-ring (bicyclic) bond motifs is 1. The zero-order valence-corrected chi connectivity index (χ0v) is 8.58. The van der Waals surface area contributed by atoms with E-state index in [1.54, 1.807) is 0 Å². The molecule has 2 rings (SSSR count). The predicted molar refractivity (Wildman–Crippen MR) is 54.5 cm³/mol. The fourth-order valence-corrected chi connectivity index (χ4v) is 2.11. The molecule has 1 saturated heterocycles. The number of cyclic esters (lactones) is 1. The Morgan fingerprint density at radius 2 is 2.50 bits per heavy atom. The number of rotatable bonds is 2. The number of esters is 1. The van der Waals surface area contributed by atoms with Gasteiger partial charge in [-0.15, -0.1) is 0 Å². The third-order valence-corrected chi connectivity index (χ3v) is 2.86. The third kappa shape index (κ3) is 1.61. The molecular weight excluding hydrogens is 176 g/mol. The molecule has 0 N–H and O–H groups in total. The molecule has 1 unspecified atom stereocenters. The molecule has 1 atom stereocenters. The lowest BCUT2D eigenvalue weighted by molar-refractivity contribution is -0.132. The van der Waals surface area contributed by atoms with Crippen molar-refractivity contribution in [2.24, 2.45) is 5.92 Å². The Morgan fingerprint density at radius 1 is 1.64 bits per heavy atom. The van der Waals surface area contributed by atoms with Crippen molar-refractivity contribution in [3.8, 4) is 0 Å². The molecular formula is C12H16O2. The number of allylic oxidation sites excluding steroid dienone is 3. The van der Waals surface area contributed by atoms with Gasteiger partial charge in [-0.2, -0.15) is 0 Å². The van der Waals surface area contributed by atoms with Crippen LogP contribution >= 0.6 is 0 Å². The molecule has 2 nitrogen and oxygen atoms in total. The molecule has 1 heterocycles. The highest BCUT2D eigenvalue weighted by atomic mass is 16.5. The minimum atomic E-state index is -0.114. The van der Waals surface area contributed by atoms with Gasteiger partial charge in [-0.3, -0.25) is 0 Å². The first kappa shape index (κ1) is 9.50. The Morgan fingerprint density at radius 3 is 3.29 bits per heavy atom. The van der Waals surface area contributed by atoms with E-state index in [2.05, 4.69) is 13.0 Å². The summed E-state index contributed by atoms with van der Waals surface area (Å²) >= 11 is 0. The second kappa shape index (κ2) is 3.99. The maximum atomic E-state index is 11.5. The second-order valence-electron chi connectivity index (χ2n) is 3.93. The van der Waals surface area contributed by atoms with Crippen LogP contribution in [0, 0.1) is 5.92 Å². The first-order valence-electron chi connectivity index (χ1n) is 5.45. The van der Waals surface area contributed by atoms with Crippen LogP contribution in [0.4, 0.5) is 0 Å². The van der Waals surface area contributed by atoms with E-state index in [1.807, 2.05) is 6.08 Å². The van der Waals surface area contributed by atoms with E-state index in [0.717, 1.165) is 37.0 Å². The van der Waals surface area contributed by atoms with Gasteiger partial charge in [0.1, 0.15) is 5.76 Å². The minimum Gasteiger partial charge on any atom is -0.427 e. The summed E-state index contributed by atoms with van der Waals surface area (Å²) in [5, 5.41) is 0. The molecule has 0 bridgehead atoms. The van der Waals surface area contributed by atoms with Crippen LogP contribution in [0.3, 0.4) is 0 Å². The van der Waals surface area contributed by atoms with Gasteiger partial charge in [0.05, 0.1) is 0 Å². The number of carbonyl (C=O) groups is 1. The Labute approximate surface area is 84.6 Å². The maximum Gasteiger partial charge on any atom is 0.339 e. The van der Waals surface area contributed by atoms with Crippen molar-refractivity contribution in [2.45, 2.75) is 39.0 Å². The fraction of sp³-hybridized carbons (Fsp3) is 0.583. The second-order valence-corrected chi connectivity index (χ2v) is 3.93. The molecule has 2 heteroatoms. The summed E-state index contributed by atoms with van der Waals surface area (Å²) in [4.78, 5) is 11.5. The molecule has 1 fully saturated rings. The van der Waals surface area contributed by atoms with Crippen LogP contribution < -0.4 is 0 Å². The molecule has 0 amide bonds. The average Bonchev–Trinajstić information content (AvgIpc) is 2.54. The Hall–Kier alpha value is -1.05. The van der Waals surface area contributed by atoms with Crippen LogP contribution in [0.15, 0.2) is 23.5 Å². The molecule has 0 aromatic rings. The molecule has 76 valence electrons. The van der Waals surface area contributed by atoms with Gasteiger partial charge in [0.15, 0.2) is 0 Å². The van der Waals surface area contributed by atoms with E-state index in [1.165, 1.54) is 6.42 Å². The largest absolute Gasteiger partial charge is 0.427 e. The summed E-state index contributed by atoms with van der Waals surface area (Å²) in [7, 11) is 0. The summed E-state index contributed by atoms with van der Waals surface area (Å²) in [5.74, 6) is 1.07. The lowest BCUT2D eigenvalue weighted by atomic mass is 9.88. The van der Waals surface area contributed by atoms with Crippen LogP contribution in [0.1, 0.15) is 39.0 Å². The summed E-state index contributed by atoms with van der Waals surface area (Å²) in [6.45, 7) is 2.13. The van der Waals surface area contributed by atoms with E-state index in [9.17, 15) is 4.79 Å². The number of hydrogen-bond donors (Lipinski definition) is 0. The molecule has 2 aliphatic rings. The highest BCUT2D eigenvalue weighted by Crippen LogP contribution is 2.38. The normalized spacial score (nSPS) is 28.6. The van der Waals surface area contributed by atoms with Crippen LogP contribution in [-0.4, -0.2) is 5.97 Å². The minimum absolute atomic E-state index is 0.114. The van der Waals surface area contributed by atoms with Crippen LogP contribution in [0.25, 0.3) is 0 Å². The SMILES string of the molecule is CCC/C=C1/OC(=O)C2=CCCCC21. The first-order chi connectivity index (χ1) is 6.83. The number of hydrogen-bond acceptors (Lipinski definition) is 2. The van der Waals surface area contributed by atoms with Crippen LogP contribution in [0.2, 0.25) is 0 Å². The third-order valence-electron chi connectivity index (χ3n) is 2.86. The molecule has 14 heavy (non-hydrogen) atoms. The van der Waals surface area contributed by atoms with Gasteiger partial charge in [0.2, 0.25) is 0 Å². The van der Waals surface area contributed by atoms with E-state index in [0.29, 0.717) is 0 Å². The van der Waals surface area contributed by atoms with Crippen molar-refractivity contribution in [3.05, 3.63) is 23.5 Å². The lowest BCUT2D eigenvalue weighted by Gasteiger charge is -2.13. The van der Waals surface area contributed by atoms with Crippen LogP contribution in [-0.2, 0) is 9.53 Å². The summed E-state index contributed by atoms with van der Waals surface area (Å²) in [6, 6.07) is 0. The van der Waals surface area contributed by atoms with Gasteiger partial charge < -0.3 is 4.74 Å². The zero-order valence-electron chi connectivity index (χ0n) is 8.58. The average molecular weight is 192 g/mol. The van der Waals surface area contributed by atoms with Gasteiger partial charge in [0, 0.05) is 11.5 Å². The monoisotopic (exact) mass is 192 g/mol. The molecule has 0 saturated carbocycles. The predicted octanol–water partition coefficient (Wildman–Crippen LogP) is 2.95. The molecule has 1 aliphatic heterocycles. The van der Waals surface area contributed by atoms with Gasteiger partial charge in [-0.1, -0.05) is 19.4 Å². The number of ether oxygens (including phenoxy) is 1. The fourth-order valence-electron chi connectivity index (χ4n) is 2.11. The van der Waals surface area contributed by atoms with Crippen LogP contribution in [0.5, 0.6) is 0 Å². The Bertz CT molecular complexity index is 299. The molecule has 0 spiro atoms. The maximum absolute atomic E-state index is 11.5.